The topological polar surface area (TPSA) is 62.2 Å². The number of nitrogens with one attached hydrogen (secondary N) is 1. The molecule has 0 saturated heterocycles. The van der Waals surface area contributed by atoms with Crippen LogP contribution in [-0.4, -0.2) is 22.6 Å². The molecule has 0 saturated carbocycles. The summed E-state index contributed by atoms with van der Waals surface area (Å²) in [5.41, 5.74) is 1.02. The molecule has 1 amide bonds. The Kier molecular flexibility index (Phi) is 5.76. The summed E-state index contributed by atoms with van der Waals surface area (Å²) in [5, 5.41) is 11.6. The second-order valence-corrected chi connectivity index (χ2v) is 5.88. The molecule has 108 valence electrons. The highest BCUT2D eigenvalue weighted by atomic mass is 35.5. The Morgan fingerprint density at radius 3 is 3.00 bits per heavy atom. The first kappa shape index (κ1) is 15.5. The average molecular weight is 321 g/mol. The number of aliphatic hydroxyl groups excluding tert-OH is 1. The van der Waals surface area contributed by atoms with Crippen molar-refractivity contribution >= 4 is 28.8 Å². The Balaban J connectivity index is 2.07. The lowest BCUT2D eigenvalue weighted by Gasteiger charge is -2.05. The molecule has 2 N–H and O–H groups in total. The van der Waals surface area contributed by atoms with Crippen LogP contribution in [-0.2, 0) is 6.54 Å². The van der Waals surface area contributed by atoms with Crippen LogP contribution in [0.15, 0.2) is 30.6 Å². The minimum atomic E-state index is -0.213. The van der Waals surface area contributed by atoms with E-state index in [0.717, 1.165) is 4.88 Å². The molecule has 0 aromatic carbocycles. The van der Waals surface area contributed by atoms with E-state index in [4.69, 9.17) is 16.7 Å². The highest BCUT2D eigenvalue weighted by Gasteiger charge is 2.10. The summed E-state index contributed by atoms with van der Waals surface area (Å²) in [5.74, 6) is 5.42. The molecule has 0 aliphatic carbocycles. The fourth-order valence-electron chi connectivity index (χ4n) is 1.62. The molecule has 0 aliphatic rings. The largest absolute Gasteiger partial charge is 0.395 e. The smallest absolute Gasteiger partial charge is 0.252 e. The van der Waals surface area contributed by atoms with Gasteiger partial charge in [-0.1, -0.05) is 23.4 Å². The zero-order valence-electron chi connectivity index (χ0n) is 11.1. The molecule has 2 rings (SSSR count). The molecular weight excluding hydrogens is 308 g/mol. The Labute approximate surface area is 131 Å². The third-order valence-electron chi connectivity index (χ3n) is 2.58. The van der Waals surface area contributed by atoms with E-state index in [1.165, 1.54) is 11.3 Å². The molecule has 0 spiro atoms. The number of carbonyl (C=O) groups excluding carboxylic acids is 1. The van der Waals surface area contributed by atoms with Crippen molar-refractivity contribution in [1.82, 2.24) is 10.3 Å². The van der Waals surface area contributed by atoms with E-state index in [-0.39, 0.29) is 12.5 Å². The van der Waals surface area contributed by atoms with Gasteiger partial charge in [0.05, 0.1) is 28.6 Å². The monoisotopic (exact) mass is 320 g/mol. The van der Waals surface area contributed by atoms with Crippen LogP contribution in [0.3, 0.4) is 0 Å². The number of rotatable bonds is 4. The Hall–Kier alpha value is -1.87. The molecule has 4 nitrogen and oxygen atoms in total. The van der Waals surface area contributed by atoms with Crippen LogP contribution >= 0.6 is 22.9 Å². The molecule has 2 aromatic rings. The van der Waals surface area contributed by atoms with E-state index in [1.54, 1.807) is 24.5 Å². The number of amides is 1. The van der Waals surface area contributed by atoms with Crippen molar-refractivity contribution in [1.29, 1.82) is 0 Å². The molecule has 6 heteroatoms. The Bertz CT molecular complexity index is 688. The third-order valence-corrected chi connectivity index (χ3v) is 3.81. The maximum Gasteiger partial charge on any atom is 0.252 e. The molecule has 21 heavy (non-hydrogen) atoms. The Morgan fingerprint density at radius 2 is 2.29 bits per heavy atom. The number of aliphatic hydroxyl groups is 1. The molecule has 0 fully saturated rings. The van der Waals surface area contributed by atoms with E-state index in [1.807, 2.05) is 6.07 Å². The molecular formula is C15H13ClN2O2S. The number of hydrogen-bond acceptors (Lipinski definition) is 4. The van der Waals surface area contributed by atoms with E-state index in [0.29, 0.717) is 28.4 Å². The standard InChI is InChI=1S/C15H13ClN2O2S/c16-14-5-4-12(21-14)10-18-15(20)13-6-7-17-9-11(13)3-1-2-8-19/h4-7,9,19H,2,8,10H2,(H,18,20). The number of halogens is 1. The predicted octanol–water partition coefficient (Wildman–Crippen LogP) is 2.46. The number of aromatic nitrogens is 1. The van der Waals surface area contributed by atoms with Gasteiger partial charge < -0.3 is 10.4 Å². The molecule has 0 aliphatic heterocycles. The first-order chi connectivity index (χ1) is 10.2. The van der Waals surface area contributed by atoms with Crippen LogP contribution in [0.2, 0.25) is 4.34 Å². The molecule has 0 atom stereocenters. The van der Waals surface area contributed by atoms with Gasteiger partial charge in [-0.05, 0) is 18.2 Å². The zero-order valence-corrected chi connectivity index (χ0v) is 12.7. The van der Waals surface area contributed by atoms with Gasteiger partial charge in [0.15, 0.2) is 0 Å². The van der Waals surface area contributed by atoms with Crippen LogP contribution in [0.1, 0.15) is 27.2 Å². The summed E-state index contributed by atoms with van der Waals surface area (Å²) in [4.78, 5) is 17.1. The molecule has 2 aromatic heterocycles. The van der Waals surface area contributed by atoms with Crippen molar-refractivity contribution < 1.29 is 9.90 Å². The average Bonchev–Trinajstić information content (AvgIpc) is 2.91. The van der Waals surface area contributed by atoms with Gasteiger partial charge in [-0.2, -0.15) is 0 Å². The van der Waals surface area contributed by atoms with Gasteiger partial charge in [0.2, 0.25) is 0 Å². The van der Waals surface area contributed by atoms with E-state index >= 15 is 0 Å². The summed E-state index contributed by atoms with van der Waals surface area (Å²) < 4.78 is 0.693. The highest BCUT2D eigenvalue weighted by Crippen LogP contribution is 2.21. The minimum Gasteiger partial charge on any atom is -0.395 e. The van der Waals surface area contributed by atoms with Crippen LogP contribution in [0.25, 0.3) is 0 Å². The van der Waals surface area contributed by atoms with Crippen LogP contribution in [0.5, 0.6) is 0 Å². The van der Waals surface area contributed by atoms with E-state index in [9.17, 15) is 4.79 Å². The number of pyridine rings is 1. The maximum absolute atomic E-state index is 12.2. The lowest BCUT2D eigenvalue weighted by atomic mass is 10.1. The quantitative estimate of drug-likeness (QED) is 0.851. The number of carbonyl (C=O) groups is 1. The van der Waals surface area contributed by atoms with Gasteiger partial charge in [-0.25, -0.2) is 0 Å². The zero-order chi connectivity index (χ0) is 15.1. The lowest BCUT2D eigenvalue weighted by molar-refractivity contribution is 0.0951. The minimum absolute atomic E-state index is 0.00602. The van der Waals surface area contributed by atoms with Crippen molar-refractivity contribution in [2.45, 2.75) is 13.0 Å². The summed E-state index contributed by atoms with van der Waals surface area (Å²) in [7, 11) is 0. The van der Waals surface area contributed by atoms with Crippen LogP contribution < -0.4 is 5.32 Å². The molecule has 0 radical (unpaired) electrons. The van der Waals surface area contributed by atoms with Crippen molar-refractivity contribution in [2.75, 3.05) is 6.61 Å². The van der Waals surface area contributed by atoms with E-state index < -0.39 is 0 Å². The van der Waals surface area contributed by atoms with Gasteiger partial charge in [-0.3, -0.25) is 9.78 Å². The third kappa shape index (κ3) is 4.57. The van der Waals surface area contributed by atoms with Gasteiger partial charge in [0, 0.05) is 23.7 Å². The predicted molar refractivity (Wildman–Crippen MR) is 83.3 cm³/mol. The highest BCUT2D eigenvalue weighted by molar-refractivity contribution is 7.16. The fraction of sp³-hybridized carbons (Fsp3) is 0.200. The number of thiophene rings is 1. The van der Waals surface area contributed by atoms with Gasteiger partial charge >= 0.3 is 0 Å². The summed E-state index contributed by atoms with van der Waals surface area (Å²) in [6.07, 6.45) is 3.46. The van der Waals surface area contributed by atoms with Crippen LogP contribution in [0, 0.1) is 11.8 Å². The normalized spacial score (nSPS) is 9.81. The summed E-state index contributed by atoms with van der Waals surface area (Å²) in [6.45, 7) is 0.413. The summed E-state index contributed by atoms with van der Waals surface area (Å²) in [6, 6.07) is 5.30. The SMILES string of the molecule is O=C(NCc1ccc(Cl)s1)c1ccncc1C#CCCO. The first-order valence-corrected chi connectivity index (χ1v) is 7.46. The number of nitrogens with zero attached hydrogens (tertiary/aromatic N) is 1. The maximum atomic E-state index is 12.2. The van der Waals surface area contributed by atoms with E-state index in [2.05, 4.69) is 22.1 Å². The van der Waals surface area contributed by atoms with Crippen molar-refractivity contribution in [2.24, 2.45) is 0 Å². The van der Waals surface area contributed by atoms with Crippen molar-refractivity contribution in [3.05, 3.63) is 50.9 Å². The number of hydrogen-bond donors (Lipinski definition) is 2. The summed E-state index contributed by atoms with van der Waals surface area (Å²) >= 11 is 7.28. The fourth-order valence-corrected chi connectivity index (χ4v) is 2.64. The van der Waals surface area contributed by atoms with Gasteiger partial charge in [-0.15, -0.1) is 11.3 Å². The van der Waals surface area contributed by atoms with Gasteiger partial charge in [0.1, 0.15) is 0 Å². The van der Waals surface area contributed by atoms with Crippen LogP contribution in [0.4, 0.5) is 0 Å². The van der Waals surface area contributed by atoms with Gasteiger partial charge in [0.25, 0.3) is 5.91 Å². The lowest BCUT2D eigenvalue weighted by Crippen LogP contribution is -2.23. The Morgan fingerprint density at radius 1 is 1.43 bits per heavy atom. The first-order valence-electron chi connectivity index (χ1n) is 6.27. The molecule has 0 bridgehead atoms. The second kappa shape index (κ2) is 7.79. The second-order valence-electron chi connectivity index (χ2n) is 4.09. The molecule has 0 unspecified atom stereocenters. The van der Waals surface area contributed by atoms with Crippen molar-refractivity contribution in [3.63, 3.8) is 0 Å². The molecule has 2 heterocycles. The van der Waals surface area contributed by atoms with Crippen molar-refractivity contribution in [3.8, 4) is 11.8 Å².